The van der Waals surface area contributed by atoms with Crippen LogP contribution in [0.1, 0.15) is 30.9 Å². The van der Waals surface area contributed by atoms with Gasteiger partial charge in [0.2, 0.25) is 0 Å². The lowest BCUT2D eigenvalue weighted by molar-refractivity contribution is 0.612. The maximum atomic E-state index is 13.7. The SMILES string of the molecule is CCNc1nc(Cc2ccccc2F)nc(CC)c1I. The van der Waals surface area contributed by atoms with Crippen LogP contribution in [0.5, 0.6) is 0 Å². The number of halogens is 2. The summed E-state index contributed by atoms with van der Waals surface area (Å²) in [5.74, 6) is 1.28. The van der Waals surface area contributed by atoms with Gasteiger partial charge in [-0.2, -0.15) is 0 Å². The van der Waals surface area contributed by atoms with Gasteiger partial charge in [-0.25, -0.2) is 14.4 Å². The van der Waals surface area contributed by atoms with E-state index in [1.165, 1.54) is 6.07 Å². The molecule has 20 heavy (non-hydrogen) atoms. The molecule has 5 heteroatoms. The molecule has 0 radical (unpaired) electrons. The molecule has 0 aliphatic carbocycles. The predicted molar refractivity (Wildman–Crippen MR) is 87.5 cm³/mol. The van der Waals surface area contributed by atoms with Crippen LogP contribution in [0, 0.1) is 9.39 Å². The first-order valence-corrected chi connectivity index (χ1v) is 7.76. The molecule has 0 unspecified atom stereocenters. The Labute approximate surface area is 132 Å². The summed E-state index contributed by atoms with van der Waals surface area (Å²) >= 11 is 2.26. The minimum absolute atomic E-state index is 0.210. The highest BCUT2D eigenvalue weighted by atomic mass is 127. The number of benzene rings is 1. The van der Waals surface area contributed by atoms with Gasteiger partial charge < -0.3 is 5.32 Å². The van der Waals surface area contributed by atoms with Crippen LogP contribution in [-0.4, -0.2) is 16.5 Å². The molecule has 1 heterocycles. The molecular weight excluding hydrogens is 368 g/mol. The lowest BCUT2D eigenvalue weighted by Gasteiger charge is -2.11. The van der Waals surface area contributed by atoms with Gasteiger partial charge in [-0.3, -0.25) is 0 Å². The van der Waals surface area contributed by atoms with E-state index in [0.29, 0.717) is 17.8 Å². The molecule has 0 aliphatic heterocycles. The lowest BCUT2D eigenvalue weighted by atomic mass is 10.1. The average Bonchev–Trinajstić information content (AvgIpc) is 2.45. The van der Waals surface area contributed by atoms with Gasteiger partial charge in [-0.1, -0.05) is 25.1 Å². The molecule has 0 aliphatic rings. The molecule has 0 saturated carbocycles. The normalized spacial score (nSPS) is 10.6. The second kappa shape index (κ2) is 6.97. The lowest BCUT2D eigenvalue weighted by Crippen LogP contribution is -2.10. The second-order valence-electron chi connectivity index (χ2n) is 4.40. The van der Waals surface area contributed by atoms with Crippen LogP contribution < -0.4 is 5.32 Å². The average molecular weight is 385 g/mol. The Kier molecular flexibility index (Phi) is 5.28. The van der Waals surface area contributed by atoms with Crippen molar-refractivity contribution < 1.29 is 4.39 Å². The molecule has 0 spiro atoms. The van der Waals surface area contributed by atoms with Gasteiger partial charge >= 0.3 is 0 Å². The number of hydrogen-bond acceptors (Lipinski definition) is 3. The molecule has 3 nitrogen and oxygen atoms in total. The number of rotatable bonds is 5. The molecule has 0 bridgehead atoms. The maximum absolute atomic E-state index is 13.7. The van der Waals surface area contributed by atoms with Crippen molar-refractivity contribution in [3.63, 3.8) is 0 Å². The topological polar surface area (TPSA) is 37.8 Å². The van der Waals surface area contributed by atoms with Crippen LogP contribution >= 0.6 is 22.6 Å². The molecule has 0 saturated heterocycles. The van der Waals surface area contributed by atoms with Crippen LogP contribution in [0.4, 0.5) is 10.2 Å². The van der Waals surface area contributed by atoms with Gasteiger partial charge in [-0.15, -0.1) is 0 Å². The van der Waals surface area contributed by atoms with Crippen LogP contribution in [0.2, 0.25) is 0 Å². The van der Waals surface area contributed by atoms with Crippen molar-refractivity contribution in [2.75, 3.05) is 11.9 Å². The highest BCUT2D eigenvalue weighted by Gasteiger charge is 2.12. The van der Waals surface area contributed by atoms with Crippen molar-refractivity contribution in [2.45, 2.75) is 26.7 Å². The fourth-order valence-electron chi connectivity index (χ4n) is 1.95. The predicted octanol–water partition coefficient (Wildman–Crippen LogP) is 3.81. The summed E-state index contributed by atoms with van der Waals surface area (Å²) in [4.78, 5) is 9.06. The fraction of sp³-hybridized carbons (Fsp3) is 0.333. The van der Waals surface area contributed by atoms with E-state index in [-0.39, 0.29) is 5.82 Å². The number of aryl methyl sites for hydroxylation is 1. The summed E-state index contributed by atoms with van der Waals surface area (Å²) in [6.45, 7) is 4.89. The van der Waals surface area contributed by atoms with Crippen molar-refractivity contribution in [1.29, 1.82) is 0 Å². The Hall–Kier alpha value is -1.24. The third-order valence-corrected chi connectivity index (χ3v) is 4.09. The molecule has 0 fully saturated rings. The summed E-state index contributed by atoms with van der Waals surface area (Å²) in [6, 6.07) is 6.76. The Morgan fingerprint density at radius 3 is 2.60 bits per heavy atom. The summed E-state index contributed by atoms with van der Waals surface area (Å²) in [7, 11) is 0. The molecule has 1 aromatic carbocycles. The van der Waals surface area contributed by atoms with E-state index in [1.807, 2.05) is 13.0 Å². The summed E-state index contributed by atoms with van der Waals surface area (Å²) in [6.07, 6.45) is 1.25. The summed E-state index contributed by atoms with van der Waals surface area (Å²) < 4.78 is 14.8. The Balaban J connectivity index is 2.37. The molecule has 0 atom stereocenters. The van der Waals surface area contributed by atoms with Crippen molar-refractivity contribution in [3.05, 3.63) is 50.7 Å². The second-order valence-corrected chi connectivity index (χ2v) is 5.48. The maximum Gasteiger partial charge on any atom is 0.143 e. The van der Waals surface area contributed by atoms with Crippen LogP contribution in [0.15, 0.2) is 24.3 Å². The van der Waals surface area contributed by atoms with E-state index in [2.05, 4.69) is 44.8 Å². The molecule has 1 aromatic heterocycles. The number of nitrogens with zero attached hydrogens (tertiary/aromatic N) is 2. The molecular formula is C15H17FIN3. The van der Waals surface area contributed by atoms with Gasteiger partial charge in [0.15, 0.2) is 0 Å². The van der Waals surface area contributed by atoms with Crippen molar-refractivity contribution >= 4 is 28.4 Å². The summed E-state index contributed by atoms with van der Waals surface area (Å²) in [5, 5.41) is 3.24. The number of nitrogens with one attached hydrogen (secondary N) is 1. The van der Waals surface area contributed by atoms with Gasteiger partial charge in [0.1, 0.15) is 17.5 Å². The Morgan fingerprint density at radius 2 is 1.95 bits per heavy atom. The van der Waals surface area contributed by atoms with E-state index in [9.17, 15) is 4.39 Å². The highest BCUT2D eigenvalue weighted by molar-refractivity contribution is 14.1. The van der Waals surface area contributed by atoms with Gasteiger partial charge in [0.25, 0.3) is 0 Å². The van der Waals surface area contributed by atoms with Crippen LogP contribution in [-0.2, 0) is 12.8 Å². The quantitative estimate of drug-likeness (QED) is 0.796. The Morgan fingerprint density at radius 1 is 1.20 bits per heavy atom. The molecule has 1 N–H and O–H groups in total. The first kappa shape index (κ1) is 15.2. The highest BCUT2D eigenvalue weighted by Crippen LogP contribution is 2.21. The molecule has 106 valence electrons. The van der Waals surface area contributed by atoms with Crippen LogP contribution in [0.3, 0.4) is 0 Å². The zero-order valence-corrected chi connectivity index (χ0v) is 13.7. The Bertz CT molecular complexity index is 602. The van der Waals surface area contributed by atoms with Gasteiger partial charge in [0, 0.05) is 13.0 Å². The number of aromatic nitrogens is 2. The van der Waals surface area contributed by atoms with Crippen molar-refractivity contribution in [2.24, 2.45) is 0 Å². The third-order valence-electron chi connectivity index (χ3n) is 2.95. The smallest absolute Gasteiger partial charge is 0.143 e. The fourth-order valence-corrected chi connectivity index (χ4v) is 2.77. The minimum atomic E-state index is -0.210. The first-order valence-electron chi connectivity index (χ1n) is 6.68. The minimum Gasteiger partial charge on any atom is -0.369 e. The zero-order chi connectivity index (χ0) is 14.5. The van der Waals surface area contributed by atoms with E-state index >= 15 is 0 Å². The standard InChI is InChI=1S/C15H17FIN3/c1-3-12-14(17)15(18-4-2)20-13(19-12)9-10-7-5-6-8-11(10)16/h5-8H,3-4,9H2,1-2H3,(H,18,19,20). The largest absolute Gasteiger partial charge is 0.369 e. The molecule has 2 rings (SSSR count). The first-order chi connectivity index (χ1) is 9.65. The van der Waals surface area contributed by atoms with Crippen molar-refractivity contribution in [1.82, 2.24) is 9.97 Å². The third kappa shape index (κ3) is 3.45. The van der Waals surface area contributed by atoms with E-state index in [1.54, 1.807) is 12.1 Å². The zero-order valence-electron chi connectivity index (χ0n) is 11.6. The molecule has 0 amide bonds. The van der Waals surface area contributed by atoms with Gasteiger partial charge in [-0.05, 0) is 47.6 Å². The molecule has 2 aromatic rings. The summed E-state index contributed by atoms with van der Waals surface area (Å²) in [5.41, 5.74) is 1.63. The number of hydrogen-bond donors (Lipinski definition) is 1. The van der Waals surface area contributed by atoms with Crippen molar-refractivity contribution in [3.8, 4) is 0 Å². The van der Waals surface area contributed by atoms with Gasteiger partial charge in [0.05, 0.1) is 9.26 Å². The monoisotopic (exact) mass is 385 g/mol. The van der Waals surface area contributed by atoms with Crippen LogP contribution in [0.25, 0.3) is 0 Å². The van der Waals surface area contributed by atoms with E-state index in [0.717, 1.165) is 28.0 Å². The van der Waals surface area contributed by atoms with E-state index in [4.69, 9.17) is 0 Å². The number of anilines is 1. The van der Waals surface area contributed by atoms with E-state index < -0.39 is 0 Å².